The summed E-state index contributed by atoms with van der Waals surface area (Å²) in [5, 5.41) is 5.29. The summed E-state index contributed by atoms with van der Waals surface area (Å²) in [6.45, 7) is 1.83. The van der Waals surface area contributed by atoms with E-state index in [0.717, 1.165) is 11.3 Å². The molecule has 0 saturated carbocycles. The molecule has 0 unspecified atom stereocenters. The van der Waals surface area contributed by atoms with Crippen LogP contribution in [0.5, 0.6) is 0 Å². The lowest BCUT2D eigenvalue weighted by Crippen LogP contribution is -2.19. The second-order valence-corrected chi connectivity index (χ2v) is 5.59. The maximum absolute atomic E-state index is 12.4. The zero-order valence-corrected chi connectivity index (χ0v) is 14.1. The van der Waals surface area contributed by atoms with E-state index in [1.807, 2.05) is 31.2 Å². The summed E-state index contributed by atoms with van der Waals surface area (Å²) in [6, 6.07) is 15.0. The van der Waals surface area contributed by atoms with Crippen LogP contribution in [0.15, 0.2) is 60.8 Å². The van der Waals surface area contributed by atoms with Crippen LogP contribution in [0.25, 0.3) is 11.3 Å². The fourth-order valence-corrected chi connectivity index (χ4v) is 2.42. The highest BCUT2D eigenvalue weighted by atomic mass is 16.2. The van der Waals surface area contributed by atoms with E-state index in [9.17, 15) is 9.59 Å². The van der Waals surface area contributed by atoms with Crippen molar-refractivity contribution in [2.75, 3.05) is 10.6 Å². The van der Waals surface area contributed by atoms with Crippen molar-refractivity contribution in [3.8, 4) is 11.3 Å². The summed E-state index contributed by atoms with van der Waals surface area (Å²) in [4.78, 5) is 31.7. The Morgan fingerprint density at radius 1 is 0.962 bits per heavy atom. The molecule has 0 saturated heterocycles. The number of nitrogens with one attached hydrogen (secondary N) is 2. The Morgan fingerprint density at radius 2 is 1.73 bits per heavy atom. The molecule has 0 aliphatic rings. The van der Waals surface area contributed by atoms with E-state index in [4.69, 9.17) is 5.73 Å². The molecule has 0 radical (unpaired) electrons. The Morgan fingerprint density at radius 3 is 2.42 bits per heavy atom. The van der Waals surface area contributed by atoms with Gasteiger partial charge in [-0.2, -0.15) is 0 Å². The van der Waals surface area contributed by atoms with Crippen LogP contribution in [0.3, 0.4) is 0 Å². The topological polar surface area (TPSA) is 110 Å². The molecule has 0 spiro atoms. The largest absolute Gasteiger partial charge is 0.351 e. The fraction of sp³-hybridized carbons (Fsp3) is 0.0526. The van der Waals surface area contributed by atoms with E-state index in [1.54, 1.807) is 36.5 Å². The summed E-state index contributed by atoms with van der Waals surface area (Å²) in [5.74, 6) is 0.424. The van der Waals surface area contributed by atoms with E-state index in [1.165, 1.54) is 0 Å². The van der Waals surface area contributed by atoms with E-state index in [2.05, 4.69) is 20.6 Å². The van der Waals surface area contributed by atoms with Gasteiger partial charge in [-0.25, -0.2) is 14.8 Å². The first kappa shape index (κ1) is 17.1. The standard InChI is InChI=1S/C19H17N5O2/c1-12-21-10-9-17(22-12)14-3-2-4-16(11-14)23-18(25)13-5-7-15(8-6-13)24-19(20)26/h2-11H,1H3,(H,23,25)(H3,20,24,26). The molecular weight excluding hydrogens is 330 g/mol. The minimum absolute atomic E-state index is 0.258. The van der Waals surface area contributed by atoms with E-state index in [-0.39, 0.29) is 5.91 Å². The van der Waals surface area contributed by atoms with Crippen LogP contribution in [0.2, 0.25) is 0 Å². The van der Waals surface area contributed by atoms with Gasteiger partial charge in [-0.1, -0.05) is 12.1 Å². The number of carbonyl (C=O) groups is 2. The Hall–Kier alpha value is -3.74. The molecular formula is C19H17N5O2. The molecule has 4 N–H and O–H groups in total. The molecule has 3 amide bonds. The van der Waals surface area contributed by atoms with Gasteiger partial charge in [0.25, 0.3) is 5.91 Å². The highest BCUT2D eigenvalue weighted by molar-refractivity contribution is 6.04. The van der Waals surface area contributed by atoms with Gasteiger partial charge in [0, 0.05) is 28.7 Å². The van der Waals surface area contributed by atoms with Gasteiger partial charge in [0.05, 0.1) is 5.69 Å². The van der Waals surface area contributed by atoms with Crippen molar-refractivity contribution in [3.05, 3.63) is 72.2 Å². The van der Waals surface area contributed by atoms with Gasteiger partial charge >= 0.3 is 6.03 Å². The van der Waals surface area contributed by atoms with Crippen molar-refractivity contribution in [2.24, 2.45) is 5.73 Å². The molecule has 2 aromatic carbocycles. The van der Waals surface area contributed by atoms with Gasteiger partial charge in [0.15, 0.2) is 0 Å². The number of anilines is 2. The molecule has 1 aromatic heterocycles. The van der Waals surface area contributed by atoms with Crippen LogP contribution >= 0.6 is 0 Å². The number of urea groups is 1. The summed E-state index contributed by atoms with van der Waals surface area (Å²) >= 11 is 0. The number of benzene rings is 2. The van der Waals surface area contributed by atoms with E-state index in [0.29, 0.717) is 22.8 Å². The molecule has 0 bridgehead atoms. The normalized spacial score (nSPS) is 10.2. The van der Waals surface area contributed by atoms with Crippen LogP contribution in [0, 0.1) is 6.92 Å². The summed E-state index contributed by atoms with van der Waals surface area (Å²) < 4.78 is 0. The zero-order chi connectivity index (χ0) is 18.5. The first-order valence-electron chi connectivity index (χ1n) is 7.89. The summed E-state index contributed by atoms with van der Waals surface area (Å²) in [5.41, 5.74) is 8.37. The maximum atomic E-state index is 12.4. The molecule has 7 nitrogen and oxygen atoms in total. The highest BCUT2D eigenvalue weighted by Crippen LogP contribution is 2.21. The predicted octanol–water partition coefficient (Wildman–Crippen LogP) is 3.19. The molecule has 3 rings (SSSR count). The number of rotatable bonds is 4. The number of carbonyl (C=O) groups excluding carboxylic acids is 2. The van der Waals surface area contributed by atoms with Crippen molar-refractivity contribution in [1.82, 2.24) is 9.97 Å². The lowest BCUT2D eigenvalue weighted by atomic mass is 10.1. The molecule has 0 fully saturated rings. The maximum Gasteiger partial charge on any atom is 0.316 e. The number of hydrogen-bond donors (Lipinski definition) is 3. The van der Waals surface area contributed by atoms with Gasteiger partial charge in [-0.3, -0.25) is 4.79 Å². The number of primary amides is 1. The molecule has 0 aliphatic carbocycles. The molecule has 3 aromatic rings. The third kappa shape index (κ3) is 4.21. The molecule has 1 heterocycles. The zero-order valence-electron chi connectivity index (χ0n) is 14.1. The van der Waals surface area contributed by atoms with Crippen molar-refractivity contribution in [2.45, 2.75) is 6.92 Å². The first-order chi connectivity index (χ1) is 12.5. The minimum Gasteiger partial charge on any atom is -0.351 e. The third-order valence-corrected chi connectivity index (χ3v) is 3.61. The van der Waals surface area contributed by atoms with Crippen LogP contribution in [-0.2, 0) is 0 Å². The fourth-order valence-electron chi connectivity index (χ4n) is 2.42. The first-order valence-corrected chi connectivity index (χ1v) is 7.89. The number of amides is 3. The lowest BCUT2D eigenvalue weighted by Gasteiger charge is -2.08. The van der Waals surface area contributed by atoms with Gasteiger partial charge in [0.2, 0.25) is 0 Å². The van der Waals surface area contributed by atoms with Crippen LogP contribution in [-0.4, -0.2) is 21.9 Å². The molecule has 7 heteroatoms. The van der Waals surface area contributed by atoms with Crippen molar-refractivity contribution >= 4 is 23.3 Å². The molecule has 0 aliphatic heterocycles. The second kappa shape index (κ2) is 7.43. The summed E-state index contributed by atoms with van der Waals surface area (Å²) in [7, 11) is 0. The number of nitrogens with two attached hydrogens (primary N) is 1. The van der Waals surface area contributed by atoms with Crippen molar-refractivity contribution in [3.63, 3.8) is 0 Å². The Balaban J connectivity index is 1.75. The van der Waals surface area contributed by atoms with Crippen molar-refractivity contribution < 1.29 is 9.59 Å². The molecule has 0 atom stereocenters. The lowest BCUT2D eigenvalue weighted by molar-refractivity contribution is 0.102. The predicted molar refractivity (Wildman–Crippen MR) is 99.8 cm³/mol. The summed E-state index contributed by atoms with van der Waals surface area (Å²) in [6.07, 6.45) is 1.70. The minimum atomic E-state index is -0.654. The Labute approximate surface area is 150 Å². The van der Waals surface area contributed by atoms with E-state index >= 15 is 0 Å². The van der Waals surface area contributed by atoms with Crippen LogP contribution in [0.4, 0.5) is 16.2 Å². The highest BCUT2D eigenvalue weighted by Gasteiger charge is 2.08. The second-order valence-electron chi connectivity index (χ2n) is 5.59. The average Bonchev–Trinajstić information content (AvgIpc) is 2.62. The van der Waals surface area contributed by atoms with E-state index < -0.39 is 6.03 Å². The number of aromatic nitrogens is 2. The van der Waals surface area contributed by atoms with Gasteiger partial charge in [-0.05, 0) is 49.4 Å². The average molecular weight is 347 g/mol. The van der Waals surface area contributed by atoms with Crippen LogP contribution < -0.4 is 16.4 Å². The number of aryl methyl sites for hydroxylation is 1. The molecule has 26 heavy (non-hydrogen) atoms. The van der Waals surface area contributed by atoms with Crippen LogP contribution in [0.1, 0.15) is 16.2 Å². The number of hydrogen-bond acceptors (Lipinski definition) is 4. The monoisotopic (exact) mass is 347 g/mol. The Bertz CT molecular complexity index is 954. The smallest absolute Gasteiger partial charge is 0.316 e. The SMILES string of the molecule is Cc1nccc(-c2cccc(NC(=O)c3ccc(NC(N)=O)cc3)c2)n1. The van der Waals surface area contributed by atoms with Crippen molar-refractivity contribution in [1.29, 1.82) is 0 Å². The quantitative estimate of drug-likeness (QED) is 0.673. The van der Waals surface area contributed by atoms with Gasteiger partial charge in [-0.15, -0.1) is 0 Å². The number of nitrogens with zero attached hydrogens (tertiary/aromatic N) is 2. The molecule has 130 valence electrons. The Kier molecular flexibility index (Phi) is 4.89. The third-order valence-electron chi connectivity index (χ3n) is 3.61. The van der Waals surface area contributed by atoms with Gasteiger partial charge < -0.3 is 16.4 Å². The van der Waals surface area contributed by atoms with Gasteiger partial charge in [0.1, 0.15) is 5.82 Å².